The molecule has 8 nitrogen and oxygen atoms in total. The number of rotatable bonds is 7. The lowest BCUT2D eigenvalue weighted by atomic mass is 10.1. The Labute approximate surface area is 168 Å². The standard InChI is InChI=1S/C21H22N4O4/c1-14-7-8-20(19(9-14)25(27)28)29-13-16-5-4-6-17(10-16)21(26)22-11-18-12-23-24(3)15(18)2/h4-10,12H,11,13H2,1-3H3,(H,22,26). The Morgan fingerprint density at radius 3 is 2.72 bits per heavy atom. The van der Waals surface area contributed by atoms with Gasteiger partial charge < -0.3 is 10.1 Å². The van der Waals surface area contributed by atoms with Gasteiger partial charge in [-0.25, -0.2) is 0 Å². The Morgan fingerprint density at radius 2 is 2.03 bits per heavy atom. The number of benzene rings is 2. The second kappa shape index (κ2) is 8.55. The predicted molar refractivity (Wildman–Crippen MR) is 108 cm³/mol. The fraction of sp³-hybridized carbons (Fsp3) is 0.238. The molecule has 1 N–H and O–H groups in total. The summed E-state index contributed by atoms with van der Waals surface area (Å²) in [6, 6.07) is 11.8. The van der Waals surface area contributed by atoms with Crippen LogP contribution in [0.15, 0.2) is 48.7 Å². The average Bonchev–Trinajstić information content (AvgIpc) is 3.03. The van der Waals surface area contributed by atoms with E-state index in [1.165, 1.54) is 6.07 Å². The molecule has 0 aliphatic heterocycles. The zero-order valence-electron chi connectivity index (χ0n) is 16.5. The van der Waals surface area contributed by atoms with Crippen LogP contribution in [0, 0.1) is 24.0 Å². The lowest BCUT2D eigenvalue weighted by Crippen LogP contribution is -2.23. The van der Waals surface area contributed by atoms with Crippen LogP contribution in [0.2, 0.25) is 0 Å². The maximum absolute atomic E-state index is 12.5. The third-order valence-electron chi connectivity index (χ3n) is 4.67. The number of nitrogens with one attached hydrogen (secondary N) is 1. The van der Waals surface area contributed by atoms with Gasteiger partial charge in [-0.3, -0.25) is 19.6 Å². The number of ether oxygens (including phenoxy) is 1. The Bertz CT molecular complexity index is 1060. The second-order valence-corrected chi connectivity index (χ2v) is 6.78. The van der Waals surface area contributed by atoms with Crippen LogP contribution < -0.4 is 10.1 Å². The normalized spacial score (nSPS) is 10.6. The van der Waals surface area contributed by atoms with Crippen molar-refractivity contribution in [3.05, 3.63) is 86.7 Å². The number of carbonyl (C=O) groups is 1. The summed E-state index contributed by atoms with van der Waals surface area (Å²) in [5.41, 5.74) is 3.88. The number of nitro benzene ring substituents is 1. The summed E-state index contributed by atoms with van der Waals surface area (Å²) in [6.07, 6.45) is 1.73. The largest absolute Gasteiger partial charge is 0.482 e. The number of nitro groups is 1. The molecule has 150 valence electrons. The number of carbonyl (C=O) groups excluding carboxylic acids is 1. The fourth-order valence-electron chi connectivity index (χ4n) is 2.85. The first-order valence-corrected chi connectivity index (χ1v) is 9.07. The van der Waals surface area contributed by atoms with Crippen molar-refractivity contribution in [1.82, 2.24) is 15.1 Å². The van der Waals surface area contributed by atoms with Crippen LogP contribution in [-0.4, -0.2) is 20.6 Å². The van der Waals surface area contributed by atoms with Crippen molar-refractivity contribution in [2.75, 3.05) is 0 Å². The first-order chi connectivity index (χ1) is 13.8. The first-order valence-electron chi connectivity index (χ1n) is 9.07. The molecule has 2 aromatic carbocycles. The summed E-state index contributed by atoms with van der Waals surface area (Å²) >= 11 is 0. The van der Waals surface area contributed by atoms with E-state index in [4.69, 9.17) is 4.74 Å². The summed E-state index contributed by atoms with van der Waals surface area (Å²) in [5, 5.41) is 18.2. The van der Waals surface area contributed by atoms with Crippen LogP contribution in [-0.2, 0) is 20.2 Å². The van der Waals surface area contributed by atoms with E-state index in [1.807, 2.05) is 20.0 Å². The van der Waals surface area contributed by atoms with Gasteiger partial charge in [0.2, 0.25) is 0 Å². The van der Waals surface area contributed by atoms with E-state index in [1.54, 1.807) is 48.1 Å². The molecule has 0 aliphatic rings. The monoisotopic (exact) mass is 394 g/mol. The Morgan fingerprint density at radius 1 is 1.24 bits per heavy atom. The van der Waals surface area contributed by atoms with Gasteiger partial charge in [-0.2, -0.15) is 5.10 Å². The molecule has 0 aliphatic carbocycles. The van der Waals surface area contributed by atoms with Gasteiger partial charge in [0.05, 0.1) is 11.1 Å². The average molecular weight is 394 g/mol. The number of aromatic nitrogens is 2. The summed E-state index contributed by atoms with van der Waals surface area (Å²) in [7, 11) is 1.85. The Hall–Kier alpha value is -3.68. The maximum Gasteiger partial charge on any atom is 0.311 e. The molecule has 0 atom stereocenters. The van der Waals surface area contributed by atoms with Gasteiger partial charge >= 0.3 is 5.69 Å². The van der Waals surface area contributed by atoms with Crippen LogP contribution in [0.3, 0.4) is 0 Å². The van der Waals surface area contributed by atoms with E-state index in [0.717, 1.165) is 22.4 Å². The third kappa shape index (κ3) is 4.78. The van der Waals surface area contributed by atoms with E-state index in [0.29, 0.717) is 12.1 Å². The molecule has 0 saturated carbocycles. The molecule has 1 aromatic heterocycles. The van der Waals surface area contributed by atoms with E-state index in [9.17, 15) is 14.9 Å². The van der Waals surface area contributed by atoms with Crippen molar-refractivity contribution in [1.29, 1.82) is 0 Å². The van der Waals surface area contributed by atoms with Crippen LogP contribution in [0.4, 0.5) is 5.69 Å². The molecule has 1 amide bonds. The smallest absolute Gasteiger partial charge is 0.311 e. The van der Waals surface area contributed by atoms with Gasteiger partial charge in [0.15, 0.2) is 5.75 Å². The molecule has 29 heavy (non-hydrogen) atoms. The zero-order chi connectivity index (χ0) is 21.0. The molecule has 3 rings (SSSR count). The lowest BCUT2D eigenvalue weighted by molar-refractivity contribution is -0.386. The molecule has 0 bridgehead atoms. The summed E-state index contributed by atoms with van der Waals surface area (Å²) in [4.78, 5) is 23.2. The first kappa shape index (κ1) is 20.1. The van der Waals surface area contributed by atoms with E-state index in [-0.39, 0.29) is 24.0 Å². The molecular weight excluding hydrogens is 372 g/mol. The molecule has 1 heterocycles. The van der Waals surface area contributed by atoms with E-state index < -0.39 is 4.92 Å². The summed E-state index contributed by atoms with van der Waals surface area (Å²) in [5.74, 6) is -0.0149. The molecule has 0 spiro atoms. The highest BCUT2D eigenvalue weighted by Gasteiger charge is 2.15. The number of nitrogens with zero attached hydrogens (tertiary/aromatic N) is 3. The summed E-state index contributed by atoms with van der Waals surface area (Å²) < 4.78 is 7.39. The highest BCUT2D eigenvalue weighted by atomic mass is 16.6. The van der Waals surface area contributed by atoms with Gasteiger partial charge in [-0.05, 0) is 43.2 Å². The quantitative estimate of drug-likeness (QED) is 0.489. The van der Waals surface area contributed by atoms with Crippen LogP contribution in [0.1, 0.15) is 32.7 Å². The van der Waals surface area contributed by atoms with Crippen LogP contribution >= 0.6 is 0 Å². The Kier molecular flexibility index (Phi) is 5.92. The predicted octanol–water partition coefficient (Wildman–Crippen LogP) is 3.45. The van der Waals surface area contributed by atoms with Crippen molar-refractivity contribution in [3.8, 4) is 5.75 Å². The van der Waals surface area contributed by atoms with Gasteiger partial charge in [0.25, 0.3) is 5.91 Å². The van der Waals surface area contributed by atoms with E-state index in [2.05, 4.69) is 10.4 Å². The van der Waals surface area contributed by atoms with Crippen LogP contribution in [0.5, 0.6) is 5.75 Å². The molecule has 3 aromatic rings. The van der Waals surface area contributed by atoms with E-state index >= 15 is 0 Å². The maximum atomic E-state index is 12.5. The highest BCUT2D eigenvalue weighted by molar-refractivity contribution is 5.94. The van der Waals surface area contributed by atoms with Crippen molar-refractivity contribution in [3.63, 3.8) is 0 Å². The van der Waals surface area contributed by atoms with Gasteiger partial charge in [-0.15, -0.1) is 0 Å². The van der Waals surface area contributed by atoms with Crippen molar-refractivity contribution in [2.45, 2.75) is 27.0 Å². The minimum atomic E-state index is -0.466. The number of hydrogen-bond acceptors (Lipinski definition) is 5. The fourth-order valence-corrected chi connectivity index (χ4v) is 2.85. The van der Waals surface area contributed by atoms with Crippen molar-refractivity contribution in [2.24, 2.45) is 7.05 Å². The SMILES string of the molecule is Cc1ccc(OCc2cccc(C(=O)NCc3cnn(C)c3C)c2)c([N+](=O)[O-])c1. The molecule has 0 unspecified atom stereocenters. The molecule has 0 radical (unpaired) electrons. The molecule has 0 fully saturated rings. The number of amides is 1. The van der Waals surface area contributed by atoms with Crippen molar-refractivity contribution >= 4 is 11.6 Å². The summed E-state index contributed by atoms with van der Waals surface area (Å²) in [6.45, 7) is 4.23. The van der Waals surface area contributed by atoms with Crippen LogP contribution in [0.25, 0.3) is 0 Å². The molecule has 0 saturated heterocycles. The Balaban J connectivity index is 1.66. The zero-order valence-corrected chi connectivity index (χ0v) is 16.5. The minimum Gasteiger partial charge on any atom is -0.482 e. The van der Waals surface area contributed by atoms with Crippen molar-refractivity contribution < 1.29 is 14.5 Å². The number of aryl methyl sites for hydroxylation is 2. The lowest BCUT2D eigenvalue weighted by Gasteiger charge is -2.09. The molecular formula is C21H22N4O4. The van der Waals surface area contributed by atoms with Gasteiger partial charge in [-0.1, -0.05) is 18.2 Å². The topological polar surface area (TPSA) is 99.3 Å². The second-order valence-electron chi connectivity index (χ2n) is 6.78. The highest BCUT2D eigenvalue weighted by Crippen LogP contribution is 2.28. The third-order valence-corrected chi connectivity index (χ3v) is 4.67. The van der Waals surface area contributed by atoms with Gasteiger partial charge in [0.1, 0.15) is 6.61 Å². The molecule has 8 heteroatoms. The number of hydrogen-bond donors (Lipinski definition) is 1. The minimum absolute atomic E-state index is 0.0780. The van der Waals surface area contributed by atoms with Gasteiger partial charge in [0, 0.05) is 36.5 Å².